The first-order valence-electron chi connectivity index (χ1n) is 3.72. The molecule has 0 heterocycles. The number of phenols is 1. The largest absolute Gasteiger partial charge is 0.507 e. The van der Waals surface area contributed by atoms with Gasteiger partial charge in [-0.05, 0) is 13.0 Å². The van der Waals surface area contributed by atoms with Crippen molar-refractivity contribution < 1.29 is 15.2 Å². The summed E-state index contributed by atoms with van der Waals surface area (Å²) in [4.78, 5) is 9.81. The Morgan fingerprint density at radius 2 is 2.21 bits per heavy atom. The van der Waals surface area contributed by atoms with Gasteiger partial charge in [-0.2, -0.15) is 0 Å². The first kappa shape index (κ1) is 9.97. The van der Waals surface area contributed by atoms with Gasteiger partial charge in [-0.15, -0.1) is 0 Å². The molecule has 0 radical (unpaired) electrons. The van der Waals surface area contributed by atoms with Crippen molar-refractivity contribution in [3.63, 3.8) is 0 Å². The molecule has 0 spiro atoms. The summed E-state index contributed by atoms with van der Waals surface area (Å²) in [5, 5.41) is 31.0. The zero-order valence-corrected chi connectivity index (χ0v) is 7.34. The molecular weight excluding hydrogens is 188 g/mol. The number of nitrogens with zero attached hydrogens (tertiary/aromatic N) is 2. The molecule has 0 unspecified atom stereocenters. The molecule has 0 aliphatic carbocycles. The van der Waals surface area contributed by atoms with E-state index < -0.39 is 4.92 Å². The Balaban J connectivity index is 3.28. The summed E-state index contributed by atoms with van der Waals surface area (Å²) in [7, 11) is 0. The SMILES string of the molecule is CC(=NO)c1cc([N+](=O)[O-])ccc1O. The Morgan fingerprint density at radius 3 is 2.71 bits per heavy atom. The fraction of sp³-hybridized carbons (Fsp3) is 0.125. The molecule has 74 valence electrons. The van der Waals surface area contributed by atoms with Crippen molar-refractivity contribution in [1.82, 2.24) is 0 Å². The number of oxime groups is 1. The molecule has 0 amide bonds. The van der Waals surface area contributed by atoms with E-state index in [1.807, 2.05) is 0 Å². The highest BCUT2D eigenvalue weighted by atomic mass is 16.6. The van der Waals surface area contributed by atoms with Crippen LogP contribution in [0.15, 0.2) is 23.4 Å². The maximum Gasteiger partial charge on any atom is 0.270 e. The van der Waals surface area contributed by atoms with Gasteiger partial charge in [0.25, 0.3) is 5.69 Å². The number of aromatic hydroxyl groups is 1. The molecule has 1 aromatic rings. The molecule has 0 saturated heterocycles. The van der Waals surface area contributed by atoms with Crippen molar-refractivity contribution in [3.8, 4) is 5.75 Å². The van der Waals surface area contributed by atoms with Crippen molar-refractivity contribution in [2.75, 3.05) is 0 Å². The summed E-state index contributed by atoms with van der Waals surface area (Å²) >= 11 is 0. The van der Waals surface area contributed by atoms with Gasteiger partial charge in [0.05, 0.1) is 10.6 Å². The lowest BCUT2D eigenvalue weighted by molar-refractivity contribution is -0.384. The summed E-state index contributed by atoms with van der Waals surface area (Å²) < 4.78 is 0. The van der Waals surface area contributed by atoms with Crippen LogP contribution in [0.5, 0.6) is 5.75 Å². The lowest BCUT2D eigenvalue weighted by Gasteiger charge is -2.01. The average Bonchev–Trinajstić information content (AvgIpc) is 2.17. The van der Waals surface area contributed by atoms with E-state index in [4.69, 9.17) is 5.21 Å². The molecule has 14 heavy (non-hydrogen) atoms. The topological polar surface area (TPSA) is 96.0 Å². The fourth-order valence-corrected chi connectivity index (χ4v) is 0.981. The van der Waals surface area contributed by atoms with E-state index in [0.29, 0.717) is 0 Å². The standard InChI is InChI=1S/C8H8N2O4/c1-5(9-12)7-4-6(10(13)14)2-3-8(7)11/h2-4,11-12H,1H3. The third kappa shape index (κ3) is 1.79. The number of non-ortho nitro benzene ring substituents is 1. The van der Waals surface area contributed by atoms with Crippen LogP contribution in [0.25, 0.3) is 0 Å². The molecule has 0 atom stereocenters. The molecule has 0 fully saturated rings. The summed E-state index contributed by atoms with van der Waals surface area (Å²) in [6.07, 6.45) is 0. The van der Waals surface area contributed by atoms with Crippen LogP contribution in [0.4, 0.5) is 5.69 Å². The third-order valence-electron chi connectivity index (χ3n) is 1.73. The van der Waals surface area contributed by atoms with Gasteiger partial charge in [0, 0.05) is 17.7 Å². The summed E-state index contributed by atoms with van der Waals surface area (Å²) in [5.41, 5.74) is 0.0914. The zero-order chi connectivity index (χ0) is 10.7. The monoisotopic (exact) mass is 196 g/mol. The minimum atomic E-state index is -0.590. The Bertz CT molecular complexity index is 400. The molecule has 1 rings (SSSR count). The second-order valence-corrected chi connectivity index (χ2v) is 2.64. The number of nitro benzene ring substituents is 1. The Hall–Kier alpha value is -2.11. The molecule has 6 nitrogen and oxygen atoms in total. The van der Waals surface area contributed by atoms with Crippen molar-refractivity contribution in [3.05, 3.63) is 33.9 Å². The fourth-order valence-electron chi connectivity index (χ4n) is 0.981. The highest BCUT2D eigenvalue weighted by Crippen LogP contribution is 2.23. The van der Waals surface area contributed by atoms with E-state index in [1.165, 1.54) is 19.1 Å². The van der Waals surface area contributed by atoms with Crippen LogP contribution < -0.4 is 0 Å². The normalized spacial score (nSPS) is 11.4. The number of hydrogen-bond donors (Lipinski definition) is 2. The van der Waals surface area contributed by atoms with Gasteiger partial charge in [-0.25, -0.2) is 0 Å². The van der Waals surface area contributed by atoms with E-state index in [1.54, 1.807) is 0 Å². The number of phenolic OH excluding ortho intramolecular Hbond substituents is 1. The highest BCUT2D eigenvalue weighted by molar-refractivity contribution is 6.01. The number of benzene rings is 1. The first-order valence-corrected chi connectivity index (χ1v) is 3.72. The van der Waals surface area contributed by atoms with E-state index in [0.717, 1.165) is 6.07 Å². The predicted octanol–water partition coefficient (Wildman–Crippen LogP) is 1.50. The Kier molecular flexibility index (Phi) is 2.66. The van der Waals surface area contributed by atoms with Crippen molar-refractivity contribution >= 4 is 11.4 Å². The maximum absolute atomic E-state index is 10.4. The summed E-state index contributed by atoms with van der Waals surface area (Å²) in [5.74, 6) is -0.161. The second-order valence-electron chi connectivity index (χ2n) is 2.64. The van der Waals surface area contributed by atoms with Crippen LogP contribution in [-0.4, -0.2) is 20.9 Å². The van der Waals surface area contributed by atoms with Gasteiger partial charge < -0.3 is 10.3 Å². The average molecular weight is 196 g/mol. The lowest BCUT2D eigenvalue weighted by Crippen LogP contribution is -1.97. The van der Waals surface area contributed by atoms with Gasteiger partial charge in [-0.1, -0.05) is 5.16 Å². The quantitative estimate of drug-likeness (QED) is 0.324. The van der Waals surface area contributed by atoms with E-state index in [-0.39, 0.29) is 22.7 Å². The van der Waals surface area contributed by atoms with Gasteiger partial charge >= 0.3 is 0 Å². The maximum atomic E-state index is 10.4. The molecule has 1 aromatic carbocycles. The minimum Gasteiger partial charge on any atom is -0.507 e. The van der Waals surface area contributed by atoms with E-state index >= 15 is 0 Å². The second kappa shape index (κ2) is 3.73. The van der Waals surface area contributed by atoms with Gasteiger partial charge in [0.15, 0.2) is 0 Å². The minimum absolute atomic E-state index is 0.117. The molecule has 0 aliphatic heterocycles. The molecule has 6 heteroatoms. The zero-order valence-electron chi connectivity index (χ0n) is 7.34. The van der Waals surface area contributed by atoms with Crippen LogP contribution >= 0.6 is 0 Å². The molecule has 0 aromatic heterocycles. The summed E-state index contributed by atoms with van der Waals surface area (Å²) in [6.45, 7) is 1.43. The molecule has 0 saturated carbocycles. The van der Waals surface area contributed by atoms with Gasteiger partial charge in [-0.3, -0.25) is 10.1 Å². The van der Waals surface area contributed by atoms with Crippen LogP contribution in [0, 0.1) is 10.1 Å². The van der Waals surface area contributed by atoms with Gasteiger partial charge in [0.1, 0.15) is 5.75 Å². The van der Waals surface area contributed by atoms with Crippen LogP contribution in [0.1, 0.15) is 12.5 Å². The highest BCUT2D eigenvalue weighted by Gasteiger charge is 2.12. The molecule has 0 bridgehead atoms. The molecular formula is C8H8N2O4. The van der Waals surface area contributed by atoms with Crippen LogP contribution in [0.3, 0.4) is 0 Å². The van der Waals surface area contributed by atoms with Crippen molar-refractivity contribution in [2.45, 2.75) is 6.92 Å². The van der Waals surface area contributed by atoms with Crippen molar-refractivity contribution in [2.24, 2.45) is 5.16 Å². The lowest BCUT2D eigenvalue weighted by atomic mass is 10.1. The Morgan fingerprint density at radius 1 is 1.57 bits per heavy atom. The Labute approximate surface area is 79.3 Å². The first-order chi connectivity index (χ1) is 6.56. The van der Waals surface area contributed by atoms with Crippen LogP contribution in [-0.2, 0) is 0 Å². The molecule has 0 aliphatic rings. The third-order valence-corrected chi connectivity index (χ3v) is 1.73. The van der Waals surface area contributed by atoms with E-state index in [9.17, 15) is 15.2 Å². The number of nitro groups is 1. The van der Waals surface area contributed by atoms with E-state index in [2.05, 4.69) is 5.16 Å². The molecule has 2 N–H and O–H groups in total. The summed E-state index contributed by atoms with van der Waals surface area (Å²) in [6, 6.07) is 3.50. The number of hydrogen-bond acceptors (Lipinski definition) is 5. The van der Waals surface area contributed by atoms with Gasteiger partial charge in [0.2, 0.25) is 0 Å². The number of rotatable bonds is 2. The van der Waals surface area contributed by atoms with Crippen LogP contribution in [0.2, 0.25) is 0 Å². The van der Waals surface area contributed by atoms with Crippen molar-refractivity contribution in [1.29, 1.82) is 0 Å². The predicted molar refractivity (Wildman–Crippen MR) is 48.8 cm³/mol. The smallest absolute Gasteiger partial charge is 0.270 e.